The second kappa shape index (κ2) is 5.82. The summed E-state index contributed by atoms with van der Waals surface area (Å²) in [7, 11) is 4.46. The Hall–Kier alpha value is -0.120. The summed E-state index contributed by atoms with van der Waals surface area (Å²) >= 11 is 0. The van der Waals surface area contributed by atoms with Crippen LogP contribution in [-0.2, 0) is 0 Å². The van der Waals surface area contributed by atoms with E-state index in [1.165, 1.54) is 64.5 Å². The Morgan fingerprint density at radius 2 is 1.62 bits per heavy atom. The van der Waals surface area contributed by atoms with Gasteiger partial charge < -0.3 is 10.6 Å². The van der Waals surface area contributed by atoms with E-state index >= 15 is 0 Å². The van der Waals surface area contributed by atoms with E-state index in [0.717, 1.165) is 12.5 Å². The Morgan fingerprint density at radius 3 is 2.10 bits per heavy atom. The summed E-state index contributed by atoms with van der Waals surface area (Å²) in [5.41, 5.74) is 7.34. The van der Waals surface area contributed by atoms with Crippen LogP contribution in [0.5, 0.6) is 0 Å². The molecule has 2 N–H and O–H groups in total. The van der Waals surface area contributed by atoms with Crippen LogP contribution in [0, 0.1) is 11.3 Å². The molecule has 0 aromatic heterocycles. The number of nitrogens with zero attached hydrogens (tertiary/aromatic N) is 2. The van der Waals surface area contributed by atoms with Crippen LogP contribution < -0.4 is 5.73 Å². The highest BCUT2D eigenvalue weighted by Crippen LogP contribution is 2.52. The molecule has 2 aliphatic carbocycles. The highest BCUT2D eigenvalue weighted by atomic mass is 15.3. The fourth-order valence-corrected chi connectivity index (χ4v) is 5.53. The van der Waals surface area contributed by atoms with E-state index in [0.29, 0.717) is 17.0 Å². The first-order valence-corrected chi connectivity index (χ1v) is 9.12. The maximum Gasteiger partial charge on any atom is 0.0332 e. The summed E-state index contributed by atoms with van der Waals surface area (Å²) in [6.45, 7) is 5.73. The van der Waals surface area contributed by atoms with Crippen molar-refractivity contribution in [2.45, 2.75) is 69.9 Å². The first kappa shape index (κ1) is 15.8. The van der Waals surface area contributed by atoms with Gasteiger partial charge in [0.15, 0.2) is 0 Å². The maximum atomic E-state index is 6.32. The maximum absolute atomic E-state index is 6.32. The summed E-state index contributed by atoms with van der Waals surface area (Å²) in [5.74, 6) is 0.769. The number of hydrogen-bond acceptors (Lipinski definition) is 3. The summed E-state index contributed by atoms with van der Waals surface area (Å²) in [4.78, 5) is 5.18. The number of nitrogens with two attached hydrogens (primary N) is 1. The zero-order chi connectivity index (χ0) is 15.1. The molecule has 2 saturated carbocycles. The Labute approximate surface area is 131 Å². The van der Waals surface area contributed by atoms with E-state index in [9.17, 15) is 0 Å². The summed E-state index contributed by atoms with van der Waals surface area (Å²) in [6.07, 6.45) is 11.5. The van der Waals surface area contributed by atoms with Crippen molar-refractivity contribution in [3.63, 3.8) is 0 Å². The fourth-order valence-electron chi connectivity index (χ4n) is 5.53. The van der Waals surface area contributed by atoms with Crippen molar-refractivity contribution >= 4 is 0 Å². The van der Waals surface area contributed by atoms with E-state index < -0.39 is 0 Å². The van der Waals surface area contributed by atoms with Gasteiger partial charge in [-0.05, 0) is 64.0 Å². The molecule has 0 radical (unpaired) electrons. The molecule has 0 amide bonds. The number of likely N-dealkylation sites (tertiary alicyclic amines) is 1. The van der Waals surface area contributed by atoms with Crippen molar-refractivity contribution in [1.82, 2.24) is 9.80 Å². The number of likely N-dealkylation sites (N-methyl/N-ethyl adjacent to an activating group) is 1. The van der Waals surface area contributed by atoms with Gasteiger partial charge in [-0.15, -0.1) is 0 Å². The SMILES string of the molecule is CC1CN(C2(CN)CCC3(CCCC3)CC2)CC1N(C)C. The second-order valence-corrected chi connectivity index (χ2v) is 8.55. The van der Waals surface area contributed by atoms with Crippen molar-refractivity contribution in [1.29, 1.82) is 0 Å². The van der Waals surface area contributed by atoms with Gasteiger partial charge in [-0.3, -0.25) is 4.90 Å². The summed E-state index contributed by atoms with van der Waals surface area (Å²) < 4.78 is 0. The highest BCUT2D eigenvalue weighted by Gasteiger charge is 2.48. The topological polar surface area (TPSA) is 32.5 Å². The lowest BCUT2D eigenvalue weighted by atomic mass is 9.66. The van der Waals surface area contributed by atoms with Crippen molar-refractivity contribution in [2.24, 2.45) is 17.1 Å². The van der Waals surface area contributed by atoms with Crippen LogP contribution in [0.1, 0.15) is 58.3 Å². The molecule has 1 spiro atoms. The third-order valence-electron chi connectivity index (χ3n) is 7.19. The normalized spacial score (nSPS) is 35.9. The average Bonchev–Trinajstić information content (AvgIpc) is 3.08. The second-order valence-electron chi connectivity index (χ2n) is 8.55. The predicted molar refractivity (Wildman–Crippen MR) is 89.4 cm³/mol. The molecule has 1 heterocycles. The van der Waals surface area contributed by atoms with Crippen molar-refractivity contribution < 1.29 is 0 Å². The van der Waals surface area contributed by atoms with Gasteiger partial charge in [0.1, 0.15) is 0 Å². The third kappa shape index (κ3) is 2.77. The Kier molecular flexibility index (Phi) is 4.37. The van der Waals surface area contributed by atoms with Crippen LogP contribution in [-0.4, -0.2) is 55.1 Å². The van der Waals surface area contributed by atoms with Gasteiger partial charge in [-0.2, -0.15) is 0 Å². The van der Waals surface area contributed by atoms with Crippen molar-refractivity contribution in [3.8, 4) is 0 Å². The zero-order valence-corrected chi connectivity index (χ0v) is 14.4. The molecule has 2 atom stereocenters. The summed E-state index contributed by atoms with van der Waals surface area (Å²) in [5, 5.41) is 0. The fraction of sp³-hybridized carbons (Fsp3) is 1.00. The van der Waals surface area contributed by atoms with E-state index in [1.54, 1.807) is 0 Å². The van der Waals surface area contributed by atoms with Crippen LogP contribution in [0.25, 0.3) is 0 Å². The van der Waals surface area contributed by atoms with Crippen molar-refractivity contribution in [2.75, 3.05) is 33.7 Å². The van der Waals surface area contributed by atoms with Gasteiger partial charge in [0.25, 0.3) is 0 Å². The van der Waals surface area contributed by atoms with Gasteiger partial charge >= 0.3 is 0 Å². The smallest absolute Gasteiger partial charge is 0.0332 e. The molecule has 3 nitrogen and oxygen atoms in total. The first-order chi connectivity index (χ1) is 10.0. The minimum atomic E-state index is 0.312. The summed E-state index contributed by atoms with van der Waals surface area (Å²) in [6, 6.07) is 0.704. The minimum absolute atomic E-state index is 0.312. The quantitative estimate of drug-likeness (QED) is 0.868. The molecule has 0 aromatic carbocycles. The minimum Gasteiger partial charge on any atom is -0.329 e. The third-order valence-corrected chi connectivity index (χ3v) is 7.19. The molecule has 0 aromatic rings. The number of hydrogen-bond donors (Lipinski definition) is 1. The molecule has 3 heteroatoms. The molecule has 3 rings (SSSR count). The largest absolute Gasteiger partial charge is 0.329 e. The highest BCUT2D eigenvalue weighted by molar-refractivity contribution is 5.04. The molecule has 122 valence electrons. The van der Waals surface area contributed by atoms with Crippen LogP contribution >= 0.6 is 0 Å². The lowest BCUT2D eigenvalue weighted by Crippen LogP contribution is -2.56. The van der Waals surface area contributed by atoms with E-state index in [2.05, 4.69) is 30.8 Å². The van der Waals surface area contributed by atoms with E-state index in [-0.39, 0.29) is 0 Å². The van der Waals surface area contributed by atoms with Gasteiger partial charge in [0, 0.05) is 31.2 Å². The van der Waals surface area contributed by atoms with Gasteiger partial charge in [0.05, 0.1) is 0 Å². The van der Waals surface area contributed by atoms with Crippen LogP contribution in [0.3, 0.4) is 0 Å². The zero-order valence-electron chi connectivity index (χ0n) is 14.4. The van der Waals surface area contributed by atoms with Gasteiger partial charge in [0.2, 0.25) is 0 Å². The molecule has 1 aliphatic heterocycles. The monoisotopic (exact) mass is 293 g/mol. The van der Waals surface area contributed by atoms with Gasteiger partial charge in [-0.1, -0.05) is 19.8 Å². The van der Waals surface area contributed by atoms with Gasteiger partial charge in [-0.25, -0.2) is 0 Å². The van der Waals surface area contributed by atoms with E-state index in [1.807, 2.05) is 0 Å². The predicted octanol–water partition coefficient (Wildman–Crippen LogP) is 2.70. The Morgan fingerprint density at radius 1 is 1.00 bits per heavy atom. The lowest BCUT2D eigenvalue weighted by Gasteiger charge is -2.49. The molecular weight excluding hydrogens is 258 g/mol. The van der Waals surface area contributed by atoms with Crippen LogP contribution in [0.2, 0.25) is 0 Å². The molecule has 1 saturated heterocycles. The van der Waals surface area contributed by atoms with E-state index in [4.69, 9.17) is 5.73 Å². The lowest BCUT2D eigenvalue weighted by molar-refractivity contribution is 0.0246. The van der Waals surface area contributed by atoms with Crippen molar-refractivity contribution in [3.05, 3.63) is 0 Å². The van der Waals surface area contributed by atoms with Crippen LogP contribution in [0.4, 0.5) is 0 Å². The molecule has 2 unspecified atom stereocenters. The standard InChI is InChI=1S/C18H35N3/c1-15-12-21(13-16(15)20(2)3)18(14-19)10-8-17(9-11-18)6-4-5-7-17/h15-16H,4-14,19H2,1-3H3. The first-order valence-electron chi connectivity index (χ1n) is 9.12. The Bertz CT molecular complexity index is 349. The molecule has 3 fully saturated rings. The molecular formula is C18H35N3. The molecule has 21 heavy (non-hydrogen) atoms. The van der Waals surface area contributed by atoms with Crippen LogP contribution in [0.15, 0.2) is 0 Å². The molecule has 0 bridgehead atoms. The average molecular weight is 293 g/mol. The number of rotatable bonds is 3. The Balaban J connectivity index is 1.68. The molecule has 3 aliphatic rings.